The van der Waals surface area contributed by atoms with Crippen LogP contribution in [-0.2, 0) is 24.2 Å². The van der Waals surface area contributed by atoms with Crippen molar-refractivity contribution in [3.05, 3.63) is 44.9 Å². The minimum Gasteiger partial charge on any atom is -0.486 e. The lowest BCUT2D eigenvalue weighted by molar-refractivity contribution is -0.136. The summed E-state index contributed by atoms with van der Waals surface area (Å²) in [4.78, 5) is 16.2. The van der Waals surface area contributed by atoms with E-state index in [1.807, 2.05) is 39.0 Å². The van der Waals surface area contributed by atoms with Gasteiger partial charge in [0.05, 0.1) is 12.1 Å². The number of aryl methyl sites for hydroxylation is 2. The quantitative estimate of drug-likeness (QED) is 0.887. The Morgan fingerprint density at radius 1 is 1.38 bits per heavy atom. The zero-order valence-electron chi connectivity index (χ0n) is 12.5. The molecule has 0 spiro atoms. The van der Waals surface area contributed by atoms with Crippen LogP contribution in [0.2, 0.25) is 0 Å². The molecule has 0 saturated carbocycles. The van der Waals surface area contributed by atoms with Gasteiger partial charge in [0, 0.05) is 4.88 Å². The molecule has 0 radical (unpaired) electrons. The number of benzene rings is 1. The van der Waals surface area contributed by atoms with E-state index in [4.69, 9.17) is 9.84 Å². The van der Waals surface area contributed by atoms with Crippen LogP contribution in [0.25, 0.3) is 0 Å². The van der Waals surface area contributed by atoms with E-state index in [-0.39, 0.29) is 6.42 Å². The number of nitrogens with zero attached hydrogens (tertiary/aromatic N) is 1. The van der Waals surface area contributed by atoms with Crippen molar-refractivity contribution >= 4 is 17.3 Å². The molecule has 1 heterocycles. The van der Waals surface area contributed by atoms with Gasteiger partial charge >= 0.3 is 5.97 Å². The minimum atomic E-state index is -0.824. The van der Waals surface area contributed by atoms with Crippen molar-refractivity contribution in [2.75, 3.05) is 0 Å². The Hall–Kier alpha value is -1.88. The second kappa shape index (κ2) is 6.72. The van der Waals surface area contributed by atoms with Crippen LogP contribution in [-0.4, -0.2) is 16.1 Å². The number of carbonyl (C=O) groups is 1. The number of aliphatic carboxylic acids is 1. The Labute approximate surface area is 128 Å². The predicted octanol–water partition coefficient (Wildman–Crippen LogP) is 3.53. The van der Waals surface area contributed by atoms with Crippen molar-refractivity contribution < 1.29 is 14.6 Å². The number of thiazole rings is 1. The van der Waals surface area contributed by atoms with E-state index >= 15 is 0 Å². The summed E-state index contributed by atoms with van der Waals surface area (Å²) in [5.41, 5.74) is 3.17. The summed E-state index contributed by atoms with van der Waals surface area (Å²) in [6, 6.07) is 5.95. The van der Waals surface area contributed by atoms with Gasteiger partial charge in [-0.25, -0.2) is 4.98 Å². The first kappa shape index (κ1) is 15.5. The molecule has 21 heavy (non-hydrogen) atoms. The van der Waals surface area contributed by atoms with Crippen LogP contribution in [0, 0.1) is 13.8 Å². The fraction of sp³-hybridized carbons (Fsp3) is 0.375. The summed E-state index contributed by atoms with van der Waals surface area (Å²) in [6.45, 7) is 6.43. The van der Waals surface area contributed by atoms with Gasteiger partial charge in [-0.2, -0.15) is 0 Å². The normalized spacial score (nSPS) is 10.6. The van der Waals surface area contributed by atoms with Gasteiger partial charge in [-0.1, -0.05) is 19.1 Å². The number of hydrogen-bond acceptors (Lipinski definition) is 4. The molecule has 0 aliphatic heterocycles. The fourth-order valence-corrected chi connectivity index (χ4v) is 3.13. The molecule has 1 aromatic carbocycles. The largest absolute Gasteiger partial charge is 0.486 e. The highest BCUT2D eigenvalue weighted by Crippen LogP contribution is 2.24. The SMILES string of the molecule is CCc1nc(COc2cccc(C)c2C)sc1CC(=O)O. The lowest BCUT2D eigenvalue weighted by Gasteiger charge is -2.09. The smallest absolute Gasteiger partial charge is 0.308 e. The van der Waals surface area contributed by atoms with Crippen molar-refractivity contribution in [2.45, 2.75) is 40.2 Å². The van der Waals surface area contributed by atoms with Gasteiger partial charge in [0.1, 0.15) is 17.4 Å². The number of ether oxygens (including phenoxy) is 1. The van der Waals surface area contributed by atoms with Crippen LogP contribution in [0.1, 0.15) is 33.6 Å². The molecule has 4 nitrogen and oxygen atoms in total. The average molecular weight is 305 g/mol. The van der Waals surface area contributed by atoms with E-state index in [2.05, 4.69) is 4.98 Å². The molecule has 0 aliphatic rings. The Bertz CT molecular complexity index is 649. The number of carboxylic acid groups (broad SMARTS) is 1. The summed E-state index contributed by atoms with van der Waals surface area (Å²) < 4.78 is 5.82. The summed E-state index contributed by atoms with van der Waals surface area (Å²) in [6.07, 6.45) is 0.771. The van der Waals surface area contributed by atoms with Crippen LogP contribution < -0.4 is 4.74 Å². The third-order valence-electron chi connectivity index (χ3n) is 3.38. The second-order valence-electron chi connectivity index (χ2n) is 4.89. The molecule has 1 N–H and O–H groups in total. The minimum absolute atomic E-state index is 0.0321. The summed E-state index contributed by atoms with van der Waals surface area (Å²) in [7, 11) is 0. The molecule has 112 valence electrons. The van der Waals surface area contributed by atoms with Crippen molar-refractivity contribution in [3.8, 4) is 5.75 Å². The van der Waals surface area contributed by atoms with Gasteiger partial charge in [0.15, 0.2) is 0 Å². The topological polar surface area (TPSA) is 59.4 Å². The van der Waals surface area contributed by atoms with Crippen molar-refractivity contribution in [3.63, 3.8) is 0 Å². The van der Waals surface area contributed by atoms with Crippen molar-refractivity contribution in [1.29, 1.82) is 0 Å². The average Bonchev–Trinajstić information content (AvgIpc) is 2.82. The van der Waals surface area contributed by atoms with Crippen LogP contribution in [0.15, 0.2) is 18.2 Å². The summed E-state index contributed by atoms with van der Waals surface area (Å²) >= 11 is 1.42. The van der Waals surface area contributed by atoms with E-state index in [0.29, 0.717) is 6.61 Å². The van der Waals surface area contributed by atoms with Crippen LogP contribution in [0.5, 0.6) is 5.75 Å². The highest BCUT2D eigenvalue weighted by Gasteiger charge is 2.13. The molecule has 0 fully saturated rings. The third-order valence-corrected chi connectivity index (χ3v) is 4.45. The first-order valence-electron chi connectivity index (χ1n) is 6.89. The molecule has 0 amide bonds. The van der Waals surface area contributed by atoms with Gasteiger partial charge in [-0.05, 0) is 37.5 Å². The summed E-state index contributed by atoms with van der Waals surface area (Å²) in [5, 5.41) is 9.74. The van der Waals surface area contributed by atoms with Crippen molar-refractivity contribution in [1.82, 2.24) is 4.98 Å². The van der Waals surface area contributed by atoms with Gasteiger partial charge in [-0.15, -0.1) is 11.3 Å². The monoisotopic (exact) mass is 305 g/mol. The van der Waals surface area contributed by atoms with Gasteiger partial charge < -0.3 is 9.84 Å². The van der Waals surface area contributed by atoms with E-state index in [9.17, 15) is 4.79 Å². The van der Waals surface area contributed by atoms with Gasteiger partial charge in [0.2, 0.25) is 0 Å². The molecule has 2 rings (SSSR count). The maximum Gasteiger partial charge on any atom is 0.308 e. The zero-order chi connectivity index (χ0) is 15.4. The number of aromatic nitrogens is 1. The first-order chi connectivity index (χ1) is 10.0. The molecule has 0 unspecified atom stereocenters. The number of hydrogen-bond donors (Lipinski definition) is 1. The Balaban J connectivity index is 2.11. The highest BCUT2D eigenvalue weighted by atomic mass is 32.1. The Morgan fingerprint density at radius 3 is 2.81 bits per heavy atom. The standard InChI is InChI=1S/C16H19NO3S/c1-4-12-14(8-16(18)19)21-15(17-12)9-20-13-7-5-6-10(2)11(13)3/h5-7H,4,8-9H2,1-3H3,(H,18,19). The molecule has 2 aromatic rings. The van der Waals surface area contributed by atoms with Crippen molar-refractivity contribution in [2.24, 2.45) is 0 Å². The maximum absolute atomic E-state index is 10.9. The molecule has 1 aromatic heterocycles. The molecule has 0 aliphatic carbocycles. The fourth-order valence-electron chi connectivity index (χ4n) is 2.07. The Morgan fingerprint density at radius 2 is 2.14 bits per heavy atom. The zero-order valence-corrected chi connectivity index (χ0v) is 13.3. The van der Waals surface area contributed by atoms with Gasteiger partial charge in [0.25, 0.3) is 0 Å². The molecule has 5 heteroatoms. The molecule has 0 saturated heterocycles. The highest BCUT2D eigenvalue weighted by molar-refractivity contribution is 7.11. The lowest BCUT2D eigenvalue weighted by atomic mass is 10.1. The third kappa shape index (κ3) is 3.82. The van der Waals surface area contributed by atoms with E-state index < -0.39 is 5.97 Å². The molecular weight excluding hydrogens is 286 g/mol. The Kier molecular flexibility index (Phi) is 4.96. The first-order valence-corrected chi connectivity index (χ1v) is 7.71. The van der Waals surface area contributed by atoms with E-state index in [0.717, 1.165) is 33.3 Å². The van der Waals surface area contributed by atoms with E-state index in [1.165, 1.54) is 16.9 Å². The van der Waals surface area contributed by atoms with Crippen LogP contribution in [0.3, 0.4) is 0 Å². The van der Waals surface area contributed by atoms with Crippen LogP contribution in [0.4, 0.5) is 0 Å². The second-order valence-corrected chi connectivity index (χ2v) is 6.06. The number of rotatable bonds is 6. The van der Waals surface area contributed by atoms with Gasteiger partial charge in [-0.3, -0.25) is 4.79 Å². The maximum atomic E-state index is 10.9. The number of carboxylic acids is 1. The molecule has 0 bridgehead atoms. The summed E-state index contributed by atoms with van der Waals surface area (Å²) in [5.74, 6) is 0.0263. The lowest BCUT2D eigenvalue weighted by Crippen LogP contribution is -2.00. The molecule has 0 atom stereocenters. The van der Waals surface area contributed by atoms with Crippen LogP contribution >= 0.6 is 11.3 Å². The predicted molar refractivity (Wildman–Crippen MR) is 83.1 cm³/mol. The van der Waals surface area contributed by atoms with E-state index in [1.54, 1.807) is 0 Å². The molecular formula is C16H19NO3S.